The summed E-state index contributed by atoms with van der Waals surface area (Å²) in [5.74, 6) is 1.04. The molecule has 0 bridgehead atoms. The van der Waals surface area contributed by atoms with Gasteiger partial charge in [-0.25, -0.2) is 13.8 Å². The van der Waals surface area contributed by atoms with Gasteiger partial charge < -0.3 is 18.9 Å². The molecule has 0 atom stereocenters. The number of anilines is 1. The number of nitrogens with one attached hydrogen (secondary N) is 1. The number of hydrazone groups is 1. The van der Waals surface area contributed by atoms with E-state index in [1.165, 1.54) is 45.7 Å². The number of methoxy groups -OCH3 is 3. The van der Waals surface area contributed by atoms with Crippen molar-refractivity contribution in [2.75, 3.05) is 32.2 Å². The van der Waals surface area contributed by atoms with E-state index in [9.17, 15) is 13.2 Å². The summed E-state index contributed by atoms with van der Waals surface area (Å²) in [4.78, 5) is 13.0. The van der Waals surface area contributed by atoms with Gasteiger partial charge in [0.25, 0.3) is 15.9 Å². The van der Waals surface area contributed by atoms with Crippen LogP contribution in [0.15, 0.2) is 94.9 Å². The number of hydrogen-bond donors (Lipinski definition) is 1. The van der Waals surface area contributed by atoms with Crippen LogP contribution in [-0.2, 0) is 21.4 Å². The van der Waals surface area contributed by atoms with Crippen LogP contribution < -0.4 is 28.7 Å². The molecule has 0 heterocycles. The maximum Gasteiger partial charge on any atom is 0.264 e. The fraction of sp³-hybridized carbons (Fsp3) is 0.212. The molecule has 0 aliphatic rings. The second kappa shape index (κ2) is 14.4. The maximum atomic E-state index is 13.9. The van der Waals surface area contributed by atoms with E-state index in [1.807, 2.05) is 50.2 Å². The van der Waals surface area contributed by atoms with Gasteiger partial charge in [-0.3, -0.25) is 9.10 Å². The van der Waals surface area contributed by atoms with Crippen molar-refractivity contribution >= 4 is 27.8 Å². The first kappa shape index (κ1) is 31.9. The second-order valence-electron chi connectivity index (χ2n) is 9.85. The number of rotatable bonds is 13. The molecule has 1 amide bonds. The summed E-state index contributed by atoms with van der Waals surface area (Å²) >= 11 is 0. The van der Waals surface area contributed by atoms with Gasteiger partial charge in [0.1, 0.15) is 13.2 Å². The molecule has 0 unspecified atom stereocenters. The lowest BCUT2D eigenvalue weighted by Crippen LogP contribution is -2.39. The maximum absolute atomic E-state index is 13.9. The molecule has 1 N–H and O–H groups in total. The molecule has 10 nitrogen and oxygen atoms in total. The third-order valence-electron chi connectivity index (χ3n) is 6.55. The SMILES string of the molecule is COc1ccc(S(=O)(=O)N(CC(=O)N/N=C\c2ccc(OCc3ccccc3)c(OC)c2)c2cc(C)cc(C)c2)cc1OC. The van der Waals surface area contributed by atoms with E-state index in [0.29, 0.717) is 35.1 Å². The highest BCUT2D eigenvalue weighted by molar-refractivity contribution is 7.92. The zero-order valence-corrected chi connectivity index (χ0v) is 26.1. The lowest BCUT2D eigenvalue weighted by Gasteiger charge is -2.25. The first-order valence-corrected chi connectivity index (χ1v) is 15.1. The van der Waals surface area contributed by atoms with Crippen LogP contribution in [0.3, 0.4) is 0 Å². The Morgan fingerprint density at radius 1 is 0.795 bits per heavy atom. The van der Waals surface area contributed by atoms with Gasteiger partial charge in [0.15, 0.2) is 23.0 Å². The molecule has 0 spiro atoms. The van der Waals surface area contributed by atoms with Gasteiger partial charge in [0.2, 0.25) is 0 Å². The van der Waals surface area contributed by atoms with E-state index in [4.69, 9.17) is 18.9 Å². The van der Waals surface area contributed by atoms with E-state index in [1.54, 1.807) is 30.3 Å². The van der Waals surface area contributed by atoms with E-state index < -0.39 is 22.5 Å². The fourth-order valence-electron chi connectivity index (χ4n) is 4.48. The molecule has 0 aliphatic heterocycles. The Bertz CT molecular complexity index is 1720. The number of nitrogens with zero attached hydrogens (tertiary/aromatic N) is 2. The van der Waals surface area contributed by atoms with Gasteiger partial charge in [0, 0.05) is 6.07 Å². The van der Waals surface area contributed by atoms with Gasteiger partial charge in [-0.15, -0.1) is 0 Å². The quantitative estimate of drug-likeness (QED) is 0.161. The molecule has 230 valence electrons. The average Bonchev–Trinajstić information content (AvgIpc) is 3.02. The highest BCUT2D eigenvalue weighted by Gasteiger charge is 2.28. The highest BCUT2D eigenvalue weighted by atomic mass is 32.2. The number of ether oxygens (including phenoxy) is 4. The summed E-state index contributed by atoms with van der Waals surface area (Å²) < 4.78 is 50.7. The van der Waals surface area contributed by atoms with Crippen molar-refractivity contribution < 1.29 is 32.2 Å². The summed E-state index contributed by atoms with van der Waals surface area (Å²) in [6.45, 7) is 3.57. The van der Waals surface area contributed by atoms with Crippen molar-refractivity contribution in [2.24, 2.45) is 5.10 Å². The molecule has 0 saturated carbocycles. The number of amides is 1. The molecule has 0 aromatic heterocycles. The Hall–Kier alpha value is -5.03. The van der Waals surface area contributed by atoms with Crippen molar-refractivity contribution in [1.82, 2.24) is 5.43 Å². The Morgan fingerprint density at radius 3 is 2.09 bits per heavy atom. The lowest BCUT2D eigenvalue weighted by molar-refractivity contribution is -0.119. The predicted molar refractivity (Wildman–Crippen MR) is 169 cm³/mol. The van der Waals surface area contributed by atoms with Gasteiger partial charge in [-0.1, -0.05) is 36.4 Å². The van der Waals surface area contributed by atoms with Crippen LogP contribution in [0.1, 0.15) is 22.3 Å². The van der Waals surface area contributed by atoms with Gasteiger partial charge in [-0.2, -0.15) is 5.10 Å². The Balaban J connectivity index is 1.52. The Kier molecular flexibility index (Phi) is 10.5. The second-order valence-corrected chi connectivity index (χ2v) is 11.7. The number of carbonyl (C=O) groups excluding carboxylic acids is 1. The molecule has 4 rings (SSSR count). The van der Waals surface area contributed by atoms with Gasteiger partial charge in [-0.05, 0) is 78.6 Å². The highest BCUT2D eigenvalue weighted by Crippen LogP contribution is 2.33. The van der Waals surface area contributed by atoms with Gasteiger partial charge in [0.05, 0.1) is 38.1 Å². The standard InChI is InChI=1S/C33H35N3O7S/c1-23-15-24(2)17-27(16-23)36(44(38,39)28-12-14-29(40-3)32(19-28)42-5)21-33(37)35-34-20-26-11-13-30(31(18-26)41-4)43-22-25-9-7-6-8-10-25/h6-20H,21-22H2,1-5H3,(H,35,37)/b34-20-. The van der Waals surface area contributed by atoms with Crippen molar-refractivity contribution in [3.8, 4) is 23.0 Å². The summed E-state index contributed by atoms with van der Waals surface area (Å²) in [5.41, 5.74) is 6.12. The number of hydrogen-bond acceptors (Lipinski definition) is 8. The van der Waals surface area contributed by atoms with Crippen LogP contribution >= 0.6 is 0 Å². The Morgan fingerprint density at radius 2 is 1.43 bits per heavy atom. The molecule has 0 radical (unpaired) electrons. The summed E-state index contributed by atoms with van der Waals surface area (Å²) in [7, 11) is 0.214. The van der Waals surface area contributed by atoms with Crippen LogP contribution in [0.25, 0.3) is 0 Å². The van der Waals surface area contributed by atoms with Crippen LogP contribution in [0.4, 0.5) is 5.69 Å². The minimum absolute atomic E-state index is 0.0627. The van der Waals surface area contributed by atoms with Crippen LogP contribution in [0.5, 0.6) is 23.0 Å². The zero-order chi connectivity index (χ0) is 31.7. The number of carbonyl (C=O) groups is 1. The third-order valence-corrected chi connectivity index (χ3v) is 8.32. The average molecular weight is 618 g/mol. The van der Waals surface area contributed by atoms with Crippen molar-refractivity contribution in [3.05, 3.63) is 107 Å². The monoisotopic (exact) mass is 617 g/mol. The minimum atomic E-state index is -4.20. The van der Waals surface area contributed by atoms with E-state index in [-0.39, 0.29) is 10.6 Å². The largest absolute Gasteiger partial charge is 0.493 e. The lowest BCUT2D eigenvalue weighted by atomic mass is 10.1. The smallest absolute Gasteiger partial charge is 0.264 e. The Labute approximate surface area is 257 Å². The summed E-state index contributed by atoms with van der Waals surface area (Å²) in [6.07, 6.45) is 1.44. The molecule has 0 aliphatic carbocycles. The molecular formula is C33H35N3O7S. The molecule has 0 saturated heterocycles. The van der Waals surface area contributed by atoms with Crippen LogP contribution in [-0.4, -0.2) is 48.4 Å². The van der Waals surface area contributed by atoms with Gasteiger partial charge >= 0.3 is 0 Å². The molecule has 0 fully saturated rings. The third kappa shape index (κ3) is 7.87. The molecule has 4 aromatic rings. The molecule has 4 aromatic carbocycles. The fourth-order valence-corrected chi connectivity index (χ4v) is 5.90. The van der Waals surface area contributed by atoms with Crippen molar-refractivity contribution in [1.29, 1.82) is 0 Å². The van der Waals surface area contributed by atoms with Crippen LogP contribution in [0, 0.1) is 13.8 Å². The van der Waals surface area contributed by atoms with Crippen molar-refractivity contribution in [2.45, 2.75) is 25.3 Å². The van der Waals surface area contributed by atoms with Crippen molar-refractivity contribution in [3.63, 3.8) is 0 Å². The van der Waals surface area contributed by atoms with E-state index in [2.05, 4.69) is 10.5 Å². The normalized spacial score (nSPS) is 11.2. The van der Waals surface area contributed by atoms with E-state index >= 15 is 0 Å². The number of benzene rings is 4. The summed E-state index contributed by atoms with van der Waals surface area (Å²) in [6, 6.07) is 24.6. The zero-order valence-electron chi connectivity index (χ0n) is 25.2. The molecule has 44 heavy (non-hydrogen) atoms. The summed E-state index contributed by atoms with van der Waals surface area (Å²) in [5, 5.41) is 4.05. The molecule has 11 heteroatoms. The topological polar surface area (TPSA) is 116 Å². The molecular weight excluding hydrogens is 582 g/mol. The van der Waals surface area contributed by atoms with E-state index in [0.717, 1.165) is 21.0 Å². The first-order chi connectivity index (χ1) is 21.1. The predicted octanol–water partition coefficient (Wildman–Crippen LogP) is 5.25. The van der Waals surface area contributed by atoms with Crippen LogP contribution in [0.2, 0.25) is 0 Å². The minimum Gasteiger partial charge on any atom is -0.493 e. The first-order valence-electron chi connectivity index (χ1n) is 13.6. The number of sulfonamides is 1. The number of aryl methyl sites for hydroxylation is 2.